The summed E-state index contributed by atoms with van der Waals surface area (Å²) in [6, 6.07) is 0. The fraction of sp³-hybridized carbons (Fsp3) is 0.667. The number of nitrogens with zero attached hydrogens (tertiary/aromatic N) is 1. The van der Waals surface area contributed by atoms with Gasteiger partial charge in [0.05, 0.1) is 5.69 Å². The summed E-state index contributed by atoms with van der Waals surface area (Å²) in [7, 11) is 0. The highest BCUT2D eigenvalue weighted by Gasteiger charge is 2.04. The Balaban J connectivity index is 2.45. The molecule has 0 bridgehead atoms. The maximum absolute atomic E-state index is 5.41. The van der Waals surface area contributed by atoms with Crippen LogP contribution in [0.4, 0.5) is 0 Å². The zero-order chi connectivity index (χ0) is 8.97. The summed E-state index contributed by atoms with van der Waals surface area (Å²) >= 11 is 0. The first-order valence-electron chi connectivity index (χ1n) is 4.37. The molecule has 2 N–H and O–H groups in total. The lowest BCUT2D eigenvalue weighted by Crippen LogP contribution is -1.99. The maximum atomic E-state index is 5.41. The van der Waals surface area contributed by atoms with Gasteiger partial charge in [0.25, 0.3) is 0 Å². The fourth-order valence-corrected chi connectivity index (χ4v) is 1.24. The third-order valence-electron chi connectivity index (χ3n) is 1.86. The molecule has 1 rings (SSSR count). The van der Waals surface area contributed by atoms with E-state index in [-0.39, 0.29) is 0 Å². The third-order valence-corrected chi connectivity index (χ3v) is 1.86. The molecule has 1 aromatic rings. The van der Waals surface area contributed by atoms with E-state index in [0.29, 0.717) is 0 Å². The molecule has 0 aliphatic heterocycles. The molecule has 0 radical (unpaired) electrons. The van der Waals surface area contributed by atoms with Crippen LogP contribution in [0, 0.1) is 13.8 Å². The monoisotopic (exact) mass is 168 g/mol. The Morgan fingerprint density at radius 2 is 2.08 bits per heavy atom. The van der Waals surface area contributed by atoms with Crippen molar-refractivity contribution in [1.82, 2.24) is 4.98 Å². The van der Waals surface area contributed by atoms with E-state index in [9.17, 15) is 0 Å². The molecule has 68 valence electrons. The molecule has 0 aliphatic rings. The smallest absolute Gasteiger partial charge is 0.191 e. The molecule has 12 heavy (non-hydrogen) atoms. The zero-order valence-electron chi connectivity index (χ0n) is 7.76. The van der Waals surface area contributed by atoms with Crippen LogP contribution >= 0.6 is 0 Å². The normalized spacial score (nSPS) is 10.6. The highest BCUT2D eigenvalue weighted by molar-refractivity contribution is 5.07. The van der Waals surface area contributed by atoms with Crippen LogP contribution in [0.5, 0.6) is 0 Å². The van der Waals surface area contributed by atoms with Crippen LogP contribution in [-0.2, 0) is 6.42 Å². The predicted molar refractivity (Wildman–Crippen MR) is 48.0 cm³/mol. The highest BCUT2D eigenvalue weighted by atomic mass is 16.4. The molecule has 0 aliphatic carbocycles. The van der Waals surface area contributed by atoms with E-state index in [1.165, 1.54) is 0 Å². The average molecular weight is 168 g/mol. The second-order valence-corrected chi connectivity index (χ2v) is 2.99. The standard InChI is InChI=1S/C9H16N2O/c1-7-9(5-3-4-6-10)12-8(2)11-7/h3-6,10H2,1-2H3. The first-order chi connectivity index (χ1) is 5.74. The van der Waals surface area contributed by atoms with Crippen LogP contribution < -0.4 is 5.73 Å². The van der Waals surface area contributed by atoms with Gasteiger partial charge in [0, 0.05) is 13.3 Å². The van der Waals surface area contributed by atoms with Gasteiger partial charge in [-0.25, -0.2) is 4.98 Å². The molecule has 0 aromatic carbocycles. The molecule has 0 unspecified atom stereocenters. The van der Waals surface area contributed by atoms with Crippen molar-refractivity contribution in [1.29, 1.82) is 0 Å². The van der Waals surface area contributed by atoms with Crippen LogP contribution in [0.25, 0.3) is 0 Å². The van der Waals surface area contributed by atoms with Crippen molar-refractivity contribution in [3.05, 3.63) is 17.3 Å². The molecule has 0 spiro atoms. The SMILES string of the molecule is Cc1nc(C)c(CCCCN)o1. The Kier molecular flexibility index (Phi) is 3.29. The summed E-state index contributed by atoms with van der Waals surface area (Å²) in [5.41, 5.74) is 6.41. The average Bonchev–Trinajstić information content (AvgIpc) is 2.31. The largest absolute Gasteiger partial charge is 0.446 e. The first-order valence-corrected chi connectivity index (χ1v) is 4.37. The van der Waals surface area contributed by atoms with Gasteiger partial charge < -0.3 is 10.2 Å². The van der Waals surface area contributed by atoms with Gasteiger partial charge in [-0.05, 0) is 26.3 Å². The van der Waals surface area contributed by atoms with Gasteiger partial charge in [0.1, 0.15) is 5.76 Å². The minimum absolute atomic E-state index is 0.756. The van der Waals surface area contributed by atoms with E-state index in [0.717, 1.165) is 43.2 Å². The van der Waals surface area contributed by atoms with Crippen LogP contribution in [0.1, 0.15) is 30.2 Å². The minimum atomic E-state index is 0.756. The summed E-state index contributed by atoms with van der Waals surface area (Å²) < 4.78 is 5.41. The molecule has 1 aromatic heterocycles. The maximum Gasteiger partial charge on any atom is 0.191 e. The van der Waals surface area contributed by atoms with Crippen molar-refractivity contribution < 1.29 is 4.42 Å². The van der Waals surface area contributed by atoms with Gasteiger partial charge >= 0.3 is 0 Å². The summed E-state index contributed by atoms with van der Waals surface area (Å²) in [5, 5.41) is 0. The van der Waals surface area contributed by atoms with Gasteiger partial charge in [-0.15, -0.1) is 0 Å². The van der Waals surface area contributed by atoms with E-state index in [1.807, 2.05) is 13.8 Å². The van der Waals surface area contributed by atoms with Crippen LogP contribution in [0.2, 0.25) is 0 Å². The molecule has 1 heterocycles. The van der Waals surface area contributed by atoms with E-state index in [1.54, 1.807) is 0 Å². The number of hydrogen-bond donors (Lipinski definition) is 1. The lowest BCUT2D eigenvalue weighted by molar-refractivity contribution is 0.466. The second kappa shape index (κ2) is 4.26. The van der Waals surface area contributed by atoms with Gasteiger partial charge in [-0.1, -0.05) is 0 Å². The summed E-state index contributed by atoms with van der Waals surface area (Å²) in [4.78, 5) is 4.19. The highest BCUT2D eigenvalue weighted by Crippen LogP contribution is 2.11. The number of oxazole rings is 1. The minimum Gasteiger partial charge on any atom is -0.446 e. The summed E-state index contributed by atoms with van der Waals surface area (Å²) in [5.74, 6) is 1.77. The van der Waals surface area contributed by atoms with E-state index < -0.39 is 0 Å². The number of nitrogens with two attached hydrogens (primary N) is 1. The molecule has 0 saturated heterocycles. The summed E-state index contributed by atoms with van der Waals surface area (Å²) in [6.07, 6.45) is 3.11. The van der Waals surface area contributed by atoms with E-state index >= 15 is 0 Å². The Hall–Kier alpha value is -0.830. The quantitative estimate of drug-likeness (QED) is 0.694. The zero-order valence-corrected chi connectivity index (χ0v) is 7.76. The lowest BCUT2D eigenvalue weighted by Gasteiger charge is -1.95. The summed E-state index contributed by atoms with van der Waals surface area (Å²) in [6.45, 7) is 4.61. The molecular formula is C9H16N2O. The Morgan fingerprint density at radius 1 is 1.33 bits per heavy atom. The molecule has 3 heteroatoms. The molecule has 0 fully saturated rings. The van der Waals surface area contributed by atoms with Crippen LogP contribution in [-0.4, -0.2) is 11.5 Å². The number of aryl methyl sites for hydroxylation is 3. The number of rotatable bonds is 4. The Morgan fingerprint density at radius 3 is 2.58 bits per heavy atom. The van der Waals surface area contributed by atoms with Crippen molar-refractivity contribution in [2.45, 2.75) is 33.1 Å². The van der Waals surface area contributed by atoms with Gasteiger partial charge in [-0.2, -0.15) is 0 Å². The van der Waals surface area contributed by atoms with E-state index in [4.69, 9.17) is 10.2 Å². The fourth-order valence-electron chi connectivity index (χ4n) is 1.24. The number of aromatic nitrogens is 1. The molecular weight excluding hydrogens is 152 g/mol. The Bertz CT molecular complexity index is 243. The van der Waals surface area contributed by atoms with Gasteiger partial charge in [-0.3, -0.25) is 0 Å². The van der Waals surface area contributed by atoms with Gasteiger partial charge in [0.15, 0.2) is 5.89 Å². The van der Waals surface area contributed by atoms with Gasteiger partial charge in [0.2, 0.25) is 0 Å². The molecule has 3 nitrogen and oxygen atoms in total. The molecule has 0 amide bonds. The van der Waals surface area contributed by atoms with Crippen molar-refractivity contribution in [3.8, 4) is 0 Å². The number of unbranched alkanes of at least 4 members (excludes halogenated alkanes) is 1. The molecule has 0 saturated carbocycles. The van der Waals surface area contributed by atoms with Crippen molar-refractivity contribution >= 4 is 0 Å². The van der Waals surface area contributed by atoms with Crippen molar-refractivity contribution in [3.63, 3.8) is 0 Å². The van der Waals surface area contributed by atoms with Crippen molar-refractivity contribution in [2.24, 2.45) is 5.73 Å². The van der Waals surface area contributed by atoms with Crippen LogP contribution in [0.15, 0.2) is 4.42 Å². The number of hydrogen-bond acceptors (Lipinski definition) is 3. The van der Waals surface area contributed by atoms with Crippen molar-refractivity contribution in [2.75, 3.05) is 6.54 Å². The molecule has 0 atom stereocenters. The first kappa shape index (κ1) is 9.26. The predicted octanol–water partition coefficient (Wildman–Crippen LogP) is 1.57. The van der Waals surface area contributed by atoms with Crippen LogP contribution in [0.3, 0.4) is 0 Å². The lowest BCUT2D eigenvalue weighted by atomic mass is 10.2. The second-order valence-electron chi connectivity index (χ2n) is 2.99. The Labute approximate surface area is 73.0 Å². The van der Waals surface area contributed by atoms with E-state index in [2.05, 4.69) is 4.98 Å². The topological polar surface area (TPSA) is 52.0 Å². The third kappa shape index (κ3) is 2.34.